The van der Waals surface area contributed by atoms with Crippen molar-refractivity contribution in [2.45, 2.75) is 32.2 Å². The molecule has 6 heteroatoms. The topological polar surface area (TPSA) is 64.6 Å². The molecule has 0 aliphatic carbocycles. The van der Waals surface area contributed by atoms with Crippen LogP contribution in [0.15, 0.2) is 41.3 Å². The predicted molar refractivity (Wildman–Crippen MR) is 94.1 cm³/mol. The molecule has 2 rings (SSSR count). The second-order valence-electron chi connectivity index (χ2n) is 5.49. The molecule has 0 spiro atoms. The van der Waals surface area contributed by atoms with Crippen LogP contribution < -0.4 is 14.2 Å². The molecule has 0 unspecified atom stereocenters. The van der Waals surface area contributed by atoms with Gasteiger partial charge in [0.05, 0.1) is 18.6 Å². The molecule has 0 fully saturated rings. The van der Waals surface area contributed by atoms with Gasteiger partial charge < -0.3 is 9.47 Å². The summed E-state index contributed by atoms with van der Waals surface area (Å²) in [5.41, 5.74) is 2.18. The van der Waals surface area contributed by atoms with Crippen molar-refractivity contribution in [1.29, 1.82) is 0 Å². The van der Waals surface area contributed by atoms with Crippen molar-refractivity contribution in [2.24, 2.45) is 0 Å². The molecular formula is C18H23NO4S. The van der Waals surface area contributed by atoms with E-state index in [-0.39, 0.29) is 6.54 Å². The Bertz CT molecular complexity index is 775. The molecule has 0 radical (unpaired) electrons. The molecule has 0 aliphatic rings. The summed E-state index contributed by atoms with van der Waals surface area (Å²) < 4.78 is 38.5. The summed E-state index contributed by atoms with van der Waals surface area (Å²) >= 11 is 0. The number of nitrogens with one attached hydrogen (secondary N) is 1. The summed E-state index contributed by atoms with van der Waals surface area (Å²) in [5, 5.41) is 0. The Morgan fingerprint density at radius 2 is 1.58 bits per heavy atom. The third-order valence-corrected chi connectivity index (χ3v) is 5.34. The third-order valence-electron chi connectivity index (χ3n) is 3.64. The first-order chi connectivity index (χ1) is 11.4. The van der Waals surface area contributed by atoms with E-state index in [1.54, 1.807) is 33.1 Å². The molecule has 130 valence electrons. The monoisotopic (exact) mass is 349 g/mol. The average Bonchev–Trinajstić information content (AvgIpc) is 2.53. The molecule has 2 aromatic carbocycles. The van der Waals surface area contributed by atoms with Crippen molar-refractivity contribution in [1.82, 2.24) is 4.72 Å². The molecule has 0 amide bonds. The summed E-state index contributed by atoms with van der Waals surface area (Å²) in [7, 11) is -2.04. The van der Waals surface area contributed by atoms with E-state index in [2.05, 4.69) is 4.72 Å². The highest BCUT2D eigenvalue weighted by Crippen LogP contribution is 2.25. The van der Waals surface area contributed by atoms with Crippen molar-refractivity contribution >= 4 is 10.0 Å². The molecule has 0 bridgehead atoms. The number of rotatable bonds is 7. The van der Waals surface area contributed by atoms with Gasteiger partial charge in [0.25, 0.3) is 0 Å². The number of benzene rings is 2. The summed E-state index contributed by atoms with van der Waals surface area (Å²) in [5.74, 6) is 1.42. The fourth-order valence-electron chi connectivity index (χ4n) is 2.57. The smallest absolute Gasteiger partial charge is 0.241 e. The summed E-state index contributed by atoms with van der Waals surface area (Å²) in [6.45, 7) is 6.27. The lowest BCUT2D eigenvalue weighted by molar-refractivity contribution is 0.340. The number of methoxy groups -OCH3 is 1. The van der Waals surface area contributed by atoms with Gasteiger partial charge in [0.15, 0.2) is 0 Å². The highest BCUT2D eigenvalue weighted by molar-refractivity contribution is 7.89. The first-order valence-electron chi connectivity index (χ1n) is 7.74. The largest absolute Gasteiger partial charge is 0.497 e. The van der Waals surface area contributed by atoms with Crippen LogP contribution in [0.2, 0.25) is 0 Å². The Morgan fingerprint density at radius 1 is 1.00 bits per heavy atom. The van der Waals surface area contributed by atoms with Gasteiger partial charge in [0.1, 0.15) is 11.5 Å². The van der Waals surface area contributed by atoms with Crippen molar-refractivity contribution in [3.05, 3.63) is 53.1 Å². The molecule has 0 heterocycles. The second-order valence-corrected chi connectivity index (χ2v) is 7.20. The average molecular weight is 349 g/mol. The van der Waals surface area contributed by atoms with Crippen LogP contribution in [0, 0.1) is 13.8 Å². The first-order valence-corrected chi connectivity index (χ1v) is 9.22. The minimum atomic E-state index is -3.60. The highest BCUT2D eigenvalue weighted by atomic mass is 32.2. The van der Waals surface area contributed by atoms with E-state index in [0.717, 1.165) is 11.3 Å². The normalized spacial score (nSPS) is 11.3. The second kappa shape index (κ2) is 7.68. The van der Waals surface area contributed by atoms with Crippen LogP contribution in [0.1, 0.15) is 23.6 Å². The molecule has 24 heavy (non-hydrogen) atoms. The van der Waals surface area contributed by atoms with Gasteiger partial charge in [-0.1, -0.05) is 12.1 Å². The van der Waals surface area contributed by atoms with Gasteiger partial charge in [-0.3, -0.25) is 0 Å². The maximum Gasteiger partial charge on any atom is 0.241 e. The molecule has 5 nitrogen and oxygen atoms in total. The van der Waals surface area contributed by atoms with Crippen LogP contribution in [0.25, 0.3) is 0 Å². The molecule has 0 aromatic heterocycles. The Hall–Kier alpha value is -2.05. The maximum absolute atomic E-state index is 12.6. The van der Waals surface area contributed by atoms with Crippen LogP contribution in [0.5, 0.6) is 11.5 Å². The van der Waals surface area contributed by atoms with Crippen LogP contribution in [0.3, 0.4) is 0 Å². The fourth-order valence-corrected chi connectivity index (χ4v) is 4.04. The molecule has 0 aliphatic heterocycles. The van der Waals surface area contributed by atoms with Crippen molar-refractivity contribution in [2.75, 3.05) is 13.7 Å². The molecule has 1 N–H and O–H groups in total. The molecule has 2 aromatic rings. The predicted octanol–water partition coefficient (Wildman–Crippen LogP) is 3.19. The number of hydrogen-bond acceptors (Lipinski definition) is 4. The zero-order chi connectivity index (χ0) is 17.7. The molecule has 0 saturated heterocycles. The summed E-state index contributed by atoms with van der Waals surface area (Å²) in [4.78, 5) is 0.300. The Morgan fingerprint density at radius 3 is 2.08 bits per heavy atom. The Kier molecular flexibility index (Phi) is 5.85. The lowest BCUT2D eigenvalue weighted by Crippen LogP contribution is -2.24. The quantitative estimate of drug-likeness (QED) is 0.834. The van der Waals surface area contributed by atoms with Gasteiger partial charge >= 0.3 is 0 Å². The van der Waals surface area contributed by atoms with E-state index in [4.69, 9.17) is 9.47 Å². The van der Waals surface area contributed by atoms with Gasteiger partial charge in [0.2, 0.25) is 10.0 Å². The summed E-state index contributed by atoms with van der Waals surface area (Å²) in [6, 6.07) is 10.8. The number of aryl methyl sites for hydroxylation is 2. The molecular weight excluding hydrogens is 326 g/mol. The Balaban J connectivity index is 2.17. The fraction of sp³-hybridized carbons (Fsp3) is 0.333. The van der Waals surface area contributed by atoms with E-state index in [1.807, 2.05) is 31.2 Å². The van der Waals surface area contributed by atoms with Gasteiger partial charge in [-0.05, 0) is 61.7 Å². The molecule has 0 saturated carbocycles. The van der Waals surface area contributed by atoms with E-state index in [0.29, 0.717) is 28.4 Å². The van der Waals surface area contributed by atoms with Crippen LogP contribution in [0.4, 0.5) is 0 Å². The van der Waals surface area contributed by atoms with Gasteiger partial charge in [0, 0.05) is 6.54 Å². The van der Waals surface area contributed by atoms with Gasteiger partial charge in [-0.25, -0.2) is 13.1 Å². The Labute approximate surface area is 143 Å². The number of ether oxygens (including phenoxy) is 2. The van der Waals surface area contributed by atoms with E-state index in [9.17, 15) is 8.42 Å². The van der Waals surface area contributed by atoms with Crippen molar-refractivity contribution < 1.29 is 17.9 Å². The zero-order valence-corrected chi connectivity index (χ0v) is 15.2. The minimum absolute atomic E-state index is 0.222. The minimum Gasteiger partial charge on any atom is -0.497 e. The van der Waals surface area contributed by atoms with Crippen molar-refractivity contribution in [3.8, 4) is 11.5 Å². The SMILES string of the molecule is CCOc1ccc(CNS(=O)(=O)c2c(C)cc(OC)cc2C)cc1. The zero-order valence-electron chi connectivity index (χ0n) is 14.4. The number of hydrogen-bond donors (Lipinski definition) is 1. The lowest BCUT2D eigenvalue weighted by atomic mass is 10.1. The van der Waals surface area contributed by atoms with Crippen LogP contribution in [-0.4, -0.2) is 22.1 Å². The molecule has 0 atom stereocenters. The highest BCUT2D eigenvalue weighted by Gasteiger charge is 2.20. The van der Waals surface area contributed by atoms with Crippen LogP contribution >= 0.6 is 0 Å². The van der Waals surface area contributed by atoms with E-state index < -0.39 is 10.0 Å². The van der Waals surface area contributed by atoms with Gasteiger partial charge in [-0.2, -0.15) is 0 Å². The third kappa shape index (κ3) is 4.27. The standard InChI is InChI=1S/C18H23NO4S/c1-5-23-16-8-6-15(7-9-16)12-19-24(20,21)18-13(2)10-17(22-4)11-14(18)3/h6-11,19H,5,12H2,1-4H3. The van der Waals surface area contributed by atoms with Gasteiger partial charge in [-0.15, -0.1) is 0 Å². The van der Waals surface area contributed by atoms with E-state index >= 15 is 0 Å². The van der Waals surface area contributed by atoms with Crippen molar-refractivity contribution in [3.63, 3.8) is 0 Å². The first kappa shape index (κ1) is 18.3. The number of sulfonamides is 1. The maximum atomic E-state index is 12.6. The van der Waals surface area contributed by atoms with Crippen LogP contribution in [-0.2, 0) is 16.6 Å². The lowest BCUT2D eigenvalue weighted by Gasteiger charge is -2.14. The van der Waals surface area contributed by atoms with E-state index in [1.165, 1.54) is 0 Å². The summed E-state index contributed by atoms with van der Waals surface area (Å²) in [6.07, 6.45) is 0.